The van der Waals surface area contributed by atoms with Gasteiger partial charge >= 0.3 is 6.03 Å². The summed E-state index contributed by atoms with van der Waals surface area (Å²) in [5, 5.41) is 5.95. The lowest BCUT2D eigenvalue weighted by Gasteiger charge is -2.30. The van der Waals surface area contributed by atoms with Gasteiger partial charge in [0.2, 0.25) is 0 Å². The number of nitrogens with one attached hydrogen (secondary N) is 2. The zero-order valence-corrected chi connectivity index (χ0v) is 15.2. The molecule has 24 heavy (non-hydrogen) atoms. The molecule has 2 amide bonds. The Hall–Kier alpha value is -1.82. The van der Waals surface area contributed by atoms with Gasteiger partial charge in [-0.15, -0.1) is 0 Å². The number of aromatic nitrogens is 1. The number of carbonyl (C=O) groups excluding carboxylic acids is 1. The molecule has 134 valence electrons. The zero-order valence-electron chi connectivity index (χ0n) is 15.2. The van der Waals surface area contributed by atoms with Crippen LogP contribution >= 0.6 is 0 Å². The summed E-state index contributed by atoms with van der Waals surface area (Å²) in [6, 6.07) is 5.93. The summed E-state index contributed by atoms with van der Waals surface area (Å²) in [4.78, 5) is 18.5. The quantitative estimate of drug-likeness (QED) is 0.839. The fourth-order valence-electron chi connectivity index (χ4n) is 2.95. The molecule has 0 aromatic carbocycles. The number of nitrogens with zero attached hydrogens (tertiary/aromatic N) is 2. The Balaban J connectivity index is 1.71. The Bertz CT molecular complexity index is 526. The van der Waals surface area contributed by atoms with Crippen molar-refractivity contribution in [1.29, 1.82) is 0 Å². The van der Waals surface area contributed by atoms with Gasteiger partial charge in [0.25, 0.3) is 0 Å². The largest absolute Gasteiger partial charge is 0.376 e. The molecule has 1 heterocycles. The Morgan fingerprint density at radius 3 is 2.62 bits per heavy atom. The van der Waals surface area contributed by atoms with Gasteiger partial charge in [0, 0.05) is 20.1 Å². The van der Waals surface area contributed by atoms with E-state index in [4.69, 9.17) is 4.74 Å². The van der Waals surface area contributed by atoms with Crippen molar-refractivity contribution >= 4 is 11.8 Å². The van der Waals surface area contributed by atoms with Crippen LogP contribution in [0.3, 0.4) is 0 Å². The molecule has 0 unspecified atom stereocenters. The average molecular weight is 334 g/mol. The summed E-state index contributed by atoms with van der Waals surface area (Å²) in [6.45, 7) is 4.56. The van der Waals surface area contributed by atoms with Crippen LogP contribution in [0.2, 0.25) is 0 Å². The monoisotopic (exact) mass is 334 g/mol. The van der Waals surface area contributed by atoms with Crippen molar-refractivity contribution in [3.8, 4) is 0 Å². The molecule has 2 N–H and O–H groups in total. The van der Waals surface area contributed by atoms with E-state index >= 15 is 0 Å². The smallest absolute Gasteiger partial charge is 0.315 e. The van der Waals surface area contributed by atoms with Gasteiger partial charge in [-0.25, -0.2) is 9.78 Å². The lowest BCUT2D eigenvalue weighted by molar-refractivity contribution is -0.0155. The Morgan fingerprint density at radius 2 is 2.00 bits per heavy atom. The summed E-state index contributed by atoms with van der Waals surface area (Å²) in [7, 11) is 3.90. The van der Waals surface area contributed by atoms with Crippen LogP contribution in [0.4, 0.5) is 10.6 Å². The number of hydrogen-bond acceptors (Lipinski definition) is 4. The first kappa shape index (κ1) is 18.5. The molecule has 6 nitrogen and oxygen atoms in total. The first-order valence-corrected chi connectivity index (χ1v) is 8.77. The maximum absolute atomic E-state index is 12.1. The summed E-state index contributed by atoms with van der Waals surface area (Å²) in [6.07, 6.45) is 4.57. The molecular formula is C18H30N4O2. The zero-order chi connectivity index (χ0) is 17.5. The van der Waals surface area contributed by atoms with Gasteiger partial charge in [0.05, 0.1) is 24.4 Å². The van der Waals surface area contributed by atoms with Crippen molar-refractivity contribution in [1.82, 2.24) is 15.6 Å². The molecule has 0 saturated heterocycles. The van der Waals surface area contributed by atoms with E-state index in [1.807, 2.05) is 37.2 Å². The maximum atomic E-state index is 12.1. The van der Waals surface area contributed by atoms with E-state index in [1.165, 1.54) is 0 Å². The molecule has 1 saturated carbocycles. The van der Waals surface area contributed by atoms with Gasteiger partial charge in [0.15, 0.2) is 0 Å². The molecule has 0 aliphatic heterocycles. The van der Waals surface area contributed by atoms with Crippen molar-refractivity contribution < 1.29 is 9.53 Å². The van der Waals surface area contributed by atoms with Crippen molar-refractivity contribution in [3.05, 3.63) is 23.9 Å². The molecule has 0 radical (unpaired) electrons. The van der Waals surface area contributed by atoms with Crippen LogP contribution in [-0.4, -0.2) is 43.4 Å². The second kappa shape index (κ2) is 8.87. The molecule has 0 bridgehead atoms. The molecule has 2 rings (SSSR count). The van der Waals surface area contributed by atoms with Crippen LogP contribution in [0.1, 0.15) is 45.2 Å². The van der Waals surface area contributed by atoms with Gasteiger partial charge in [-0.1, -0.05) is 6.07 Å². The van der Waals surface area contributed by atoms with Gasteiger partial charge in [-0.3, -0.25) is 0 Å². The van der Waals surface area contributed by atoms with Crippen LogP contribution in [0.5, 0.6) is 0 Å². The van der Waals surface area contributed by atoms with Crippen LogP contribution in [-0.2, 0) is 11.3 Å². The summed E-state index contributed by atoms with van der Waals surface area (Å²) in [5.41, 5.74) is 0.852. The Labute approximate surface area is 145 Å². The SMILES string of the molecule is CC(C)OC1CCC(NC(=O)NCc2cccc(N(C)C)n2)CC1. The summed E-state index contributed by atoms with van der Waals surface area (Å²) >= 11 is 0. The fraction of sp³-hybridized carbons (Fsp3) is 0.667. The standard InChI is InChI=1S/C18H30N4O2/c1-13(2)24-16-10-8-14(9-11-16)21-18(23)19-12-15-6-5-7-17(20-15)22(3)4/h5-7,13-14,16H,8-12H2,1-4H3,(H2,19,21,23). The third kappa shape index (κ3) is 6.00. The van der Waals surface area contributed by atoms with Crippen LogP contribution in [0.25, 0.3) is 0 Å². The van der Waals surface area contributed by atoms with E-state index in [0.29, 0.717) is 12.6 Å². The van der Waals surface area contributed by atoms with Crippen LogP contribution in [0, 0.1) is 0 Å². The van der Waals surface area contributed by atoms with E-state index in [1.54, 1.807) is 0 Å². The Kier molecular flexibility index (Phi) is 6.85. The number of anilines is 1. The topological polar surface area (TPSA) is 66.5 Å². The van der Waals surface area contributed by atoms with Crippen LogP contribution < -0.4 is 15.5 Å². The summed E-state index contributed by atoms with van der Waals surface area (Å²) < 4.78 is 5.84. The lowest BCUT2D eigenvalue weighted by atomic mass is 9.93. The molecule has 1 aromatic rings. The van der Waals surface area contributed by atoms with Crippen molar-refractivity contribution in [2.24, 2.45) is 0 Å². The highest BCUT2D eigenvalue weighted by Crippen LogP contribution is 2.22. The molecule has 0 spiro atoms. The number of ether oxygens (including phenoxy) is 1. The number of amides is 2. The van der Waals surface area contributed by atoms with Crippen molar-refractivity contribution in [2.45, 2.75) is 64.3 Å². The summed E-state index contributed by atoms with van der Waals surface area (Å²) in [5.74, 6) is 0.887. The molecule has 6 heteroatoms. The fourth-order valence-corrected chi connectivity index (χ4v) is 2.95. The van der Waals surface area contributed by atoms with E-state index in [0.717, 1.165) is 37.2 Å². The predicted molar refractivity (Wildman–Crippen MR) is 96.2 cm³/mol. The maximum Gasteiger partial charge on any atom is 0.315 e. The minimum Gasteiger partial charge on any atom is -0.376 e. The predicted octanol–water partition coefficient (Wildman–Crippen LogP) is 2.68. The Morgan fingerprint density at radius 1 is 1.29 bits per heavy atom. The first-order valence-electron chi connectivity index (χ1n) is 8.77. The second-order valence-electron chi connectivity index (χ2n) is 6.87. The molecule has 1 aliphatic carbocycles. The first-order chi connectivity index (χ1) is 11.4. The molecular weight excluding hydrogens is 304 g/mol. The molecule has 0 atom stereocenters. The molecule has 1 aliphatic rings. The van der Waals surface area contributed by atoms with E-state index < -0.39 is 0 Å². The molecule has 1 fully saturated rings. The average Bonchev–Trinajstić information content (AvgIpc) is 2.54. The van der Waals surface area contributed by atoms with Gasteiger partial charge in [-0.2, -0.15) is 0 Å². The highest BCUT2D eigenvalue weighted by atomic mass is 16.5. The van der Waals surface area contributed by atoms with E-state index in [2.05, 4.69) is 29.5 Å². The number of carbonyl (C=O) groups is 1. The highest BCUT2D eigenvalue weighted by molar-refractivity contribution is 5.74. The number of pyridine rings is 1. The minimum atomic E-state index is -0.125. The van der Waals surface area contributed by atoms with Crippen molar-refractivity contribution in [2.75, 3.05) is 19.0 Å². The van der Waals surface area contributed by atoms with Gasteiger partial charge in [-0.05, 0) is 51.7 Å². The minimum absolute atomic E-state index is 0.125. The second-order valence-corrected chi connectivity index (χ2v) is 6.87. The normalized spacial score (nSPS) is 20.7. The lowest BCUT2D eigenvalue weighted by Crippen LogP contribution is -2.44. The molecule has 1 aromatic heterocycles. The van der Waals surface area contributed by atoms with E-state index in [9.17, 15) is 4.79 Å². The number of urea groups is 1. The van der Waals surface area contributed by atoms with Crippen molar-refractivity contribution in [3.63, 3.8) is 0 Å². The third-order valence-electron chi connectivity index (χ3n) is 4.15. The van der Waals surface area contributed by atoms with E-state index in [-0.39, 0.29) is 18.2 Å². The van der Waals surface area contributed by atoms with Gasteiger partial charge < -0.3 is 20.3 Å². The highest BCUT2D eigenvalue weighted by Gasteiger charge is 2.23. The number of rotatable bonds is 6. The van der Waals surface area contributed by atoms with Gasteiger partial charge in [0.1, 0.15) is 5.82 Å². The third-order valence-corrected chi connectivity index (χ3v) is 4.15. The van der Waals surface area contributed by atoms with Crippen LogP contribution in [0.15, 0.2) is 18.2 Å². The number of hydrogen-bond donors (Lipinski definition) is 2.